The van der Waals surface area contributed by atoms with Crippen LogP contribution >= 0.6 is 11.6 Å². The van der Waals surface area contributed by atoms with Gasteiger partial charge in [-0.15, -0.1) is 0 Å². The summed E-state index contributed by atoms with van der Waals surface area (Å²) < 4.78 is 0. The Morgan fingerprint density at radius 2 is 1.74 bits per heavy atom. The van der Waals surface area contributed by atoms with E-state index in [2.05, 4.69) is 9.97 Å². The van der Waals surface area contributed by atoms with Gasteiger partial charge in [-0.3, -0.25) is 4.98 Å². The molecule has 94 valence electrons. The van der Waals surface area contributed by atoms with Crippen molar-refractivity contribution in [3.8, 4) is 11.3 Å². The fourth-order valence-electron chi connectivity index (χ4n) is 2.09. The highest BCUT2D eigenvalue weighted by Gasteiger charge is 2.12. The van der Waals surface area contributed by atoms with Gasteiger partial charge in [0.15, 0.2) is 0 Å². The third kappa shape index (κ3) is 1.96. The molecule has 5 heteroatoms. The first-order chi connectivity index (χ1) is 9.16. The van der Waals surface area contributed by atoms with Crippen molar-refractivity contribution in [1.29, 1.82) is 0 Å². The van der Waals surface area contributed by atoms with Gasteiger partial charge in [0.1, 0.15) is 5.82 Å². The lowest BCUT2D eigenvalue weighted by atomic mass is 10.0. The van der Waals surface area contributed by atoms with Crippen LogP contribution in [0.15, 0.2) is 42.7 Å². The first kappa shape index (κ1) is 11.7. The second-order valence-electron chi connectivity index (χ2n) is 4.19. The number of nitrogens with two attached hydrogens (primary N) is 2. The van der Waals surface area contributed by atoms with E-state index in [-0.39, 0.29) is 0 Å². The van der Waals surface area contributed by atoms with Gasteiger partial charge in [-0.05, 0) is 29.7 Å². The summed E-state index contributed by atoms with van der Waals surface area (Å²) in [5.41, 5.74) is 13.8. The molecule has 4 nitrogen and oxygen atoms in total. The van der Waals surface area contributed by atoms with Gasteiger partial charge in [-0.1, -0.05) is 17.7 Å². The Balaban J connectivity index is 2.40. The van der Waals surface area contributed by atoms with Crippen LogP contribution in [0.1, 0.15) is 0 Å². The highest BCUT2D eigenvalue weighted by atomic mass is 35.5. The molecule has 0 atom stereocenters. The van der Waals surface area contributed by atoms with Crippen LogP contribution in [0.2, 0.25) is 5.02 Å². The van der Waals surface area contributed by atoms with Gasteiger partial charge in [0.05, 0.1) is 11.3 Å². The molecular weight excluding hydrogens is 260 g/mol. The number of rotatable bonds is 1. The minimum atomic E-state index is 0.361. The molecule has 3 aromatic rings. The molecule has 0 aliphatic carbocycles. The van der Waals surface area contributed by atoms with E-state index in [1.165, 1.54) is 0 Å². The van der Waals surface area contributed by atoms with Gasteiger partial charge in [0.25, 0.3) is 0 Å². The highest BCUT2D eigenvalue weighted by Crippen LogP contribution is 2.34. The number of hydrogen-bond donors (Lipinski definition) is 2. The molecule has 0 saturated carbocycles. The third-order valence-corrected chi connectivity index (χ3v) is 3.21. The second kappa shape index (κ2) is 4.40. The third-order valence-electron chi connectivity index (χ3n) is 2.98. The van der Waals surface area contributed by atoms with Crippen molar-refractivity contribution in [2.24, 2.45) is 0 Å². The molecule has 19 heavy (non-hydrogen) atoms. The molecule has 0 aliphatic rings. The molecular formula is C14H11ClN4. The Morgan fingerprint density at radius 3 is 2.53 bits per heavy atom. The highest BCUT2D eigenvalue weighted by molar-refractivity contribution is 6.31. The van der Waals surface area contributed by atoms with Gasteiger partial charge in [-0.2, -0.15) is 0 Å². The molecule has 4 N–H and O–H groups in total. The van der Waals surface area contributed by atoms with E-state index in [4.69, 9.17) is 23.1 Å². The first-order valence-corrected chi connectivity index (χ1v) is 6.09. The summed E-state index contributed by atoms with van der Waals surface area (Å²) in [5.74, 6) is 0.361. The van der Waals surface area contributed by atoms with Crippen LogP contribution in [0.5, 0.6) is 0 Å². The number of fused-ring (bicyclic) bond motifs is 1. The normalized spacial score (nSPS) is 10.8. The fraction of sp³-hybridized carbons (Fsp3) is 0. The number of anilines is 2. The smallest absolute Gasteiger partial charge is 0.134 e. The van der Waals surface area contributed by atoms with Crippen LogP contribution in [-0.2, 0) is 0 Å². The van der Waals surface area contributed by atoms with Crippen molar-refractivity contribution in [2.45, 2.75) is 0 Å². The number of hydrogen-bond acceptors (Lipinski definition) is 4. The Bertz CT molecular complexity index is 750. The molecule has 0 aliphatic heterocycles. The fourth-order valence-corrected chi connectivity index (χ4v) is 2.26. The average Bonchev–Trinajstić information content (AvgIpc) is 2.39. The standard InChI is InChI=1S/C14H11ClN4/c15-9-2-1-8-3-5-18-13(10(8)7-9)12-11(16)4-6-19-14(12)17/h1-7H,(H4,16,17,19). The predicted octanol–water partition coefficient (Wildman–Crippen LogP) is 3.11. The summed E-state index contributed by atoms with van der Waals surface area (Å²) in [6.45, 7) is 0. The van der Waals surface area contributed by atoms with Crippen molar-refractivity contribution < 1.29 is 0 Å². The molecule has 0 fully saturated rings. The minimum Gasteiger partial charge on any atom is -0.398 e. The second-order valence-corrected chi connectivity index (χ2v) is 4.62. The zero-order chi connectivity index (χ0) is 13.4. The van der Waals surface area contributed by atoms with Gasteiger partial charge >= 0.3 is 0 Å². The van der Waals surface area contributed by atoms with E-state index in [1.807, 2.05) is 24.3 Å². The summed E-state index contributed by atoms with van der Waals surface area (Å²) in [4.78, 5) is 8.45. The van der Waals surface area contributed by atoms with Crippen molar-refractivity contribution in [3.05, 3.63) is 47.7 Å². The topological polar surface area (TPSA) is 77.8 Å². The Labute approximate surface area is 115 Å². The average molecular weight is 271 g/mol. The van der Waals surface area contributed by atoms with Crippen molar-refractivity contribution in [3.63, 3.8) is 0 Å². The lowest BCUT2D eigenvalue weighted by Gasteiger charge is -2.10. The van der Waals surface area contributed by atoms with E-state index >= 15 is 0 Å². The summed E-state index contributed by atoms with van der Waals surface area (Å²) >= 11 is 6.05. The molecule has 1 aromatic carbocycles. The molecule has 3 rings (SSSR count). The molecule has 0 amide bonds. The minimum absolute atomic E-state index is 0.361. The number of halogens is 1. The van der Waals surface area contributed by atoms with Gasteiger partial charge < -0.3 is 11.5 Å². The van der Waals surface area contributed by atoms with E-state index in [1.54, 1.807) is 18.5 Å². The van der Waals surface area contributed by atoms with Crippen LogP contribution in [0, 0.1) is 0 Å². The van der Waals surface area contributed by atoms with Gasteiger partial charge in [-0.25, -0.2) is 4.98 Å². The monoisotopic (exact) mass is 270 g/mol. The maximum atomic E-state index is 6.05. The van der Waals surface area contributed by atoms with E-state index in [9.17, 15) is 0 Å². The number of nitrogens with zero attached hydrogens (tertiary/aromatic N) is 2. The van der Waals surface area contributed by atoms with E-state index < -0.39 is 0 Å². The van der Waals surface area contributed by atoms with E-state index in [0.717, 1.165) is 10.8 Å². The Hall–Kier alpha value is -2.33. The van der Waals surface area contributed by atoms with Crippen LogP contribution < -0.4 is 11.5 Å². The summed E-state index contributed by atoms with van der Waals surface area (Å²) in [6, 6.07) is 9.25. The number of aromatic nitrogens is 2. The summed E-state index contributed by atoms with van der Waals surface area (Å²) in [6.07, 6.45) is 3.30. The van der Waals surface area contributed by atoms with E-state index in [0.29, 0.717) is 27.8 Å². The van der Waals surface area contributed by atoms with Crippen molar-refractivity contribution in [1.82, 2.24) is 9.97 Å². The van der Waals surface area contributed by atoms with Crippen LogP contribution in [0.4, 0.5) is 11.5 Å². The molecule has 0 saturated heterocycles. The van der Waals surface area contributed by atoms with Gasteiger partial charge in [0, 0.05) is 28.5 Å². The SMILES string of the molecule is Nc1ccnc(N)c1-c1nccc2ccc(Cl)cc12. The largest absolute Gasteiger partial charge is 0.398 e. The van der Waals surface area contributed by atoms with Crippen LogP contribution in [0.25, 0.3) is 22.0 Å². The number of benzene rings is 1. The molecule has 2 aromatic heterocycles. The van der Waals surface area contributed by atoms with Crippen LogP contribution in [0.3, 0.4) is 0 Å². The quantitative estimate of drug-likeness (QED) is 0.712. The Morgan fingerprint density at radius 1 is 0.947 bits per heavy atom. The Kier molecular flexibility index (Phi) is 2.72. The number of pyridine rings is 2. The molecule has 2 heterocycles. The summed E-state index contributed by atoms with van der Waals surface area (Å²) in [7, 11) is 0. The van der Waals surface area contributed by atoms with Gasteiger partial charge in [0.2, 0.25) is 0 Å². The van der Waals surface area contributed by atoms with Crippen LogP contribution in [-0.4, -0.2) is 9.97 Å². The van der Waals surface area contributed by atoms with Crippen molar-refractivity contribution >= 4 is 33.9 Å². The zero-order valence-electron chi connectivity index (χ0n) is 9.97. The van der Waals surface area contributed by atoms with Crippen molar-refractivity contribution in [2.75, 3.05) is 11.5 Å². The zero-order valence-corrected chi connectivity index (χ0v) is 10.7. The molecule has 0 radical (unpaired) electrons. The molecule has 0 unspecified atom stereocenters. The first-order valence-electron chi connectivity index (χ1n) is 5.71. The predicted molar refractivity (Wildman–Crippen MR) is 78.8 cm³/mol. The maximum Gasteiger partial charge on any atom is 0.134 e. The lowest BCUT2D eigenvalue weighted by molar-refractivity contribution is 1.30. The maximum absolute atomic E-state index is 6.05. The molecule has 0 bridgehead atoms. The number of nitrogen functional groups attached to an aromatic ring is 2. The summed E-state index contributed by atoms with van der Waals surface area (Å²) in [5, 5.41) is 2.57. The lowest BCUT2D eigenvalue weighted by Crippen LogP contribution is -2.00. The molecule has 0 spiro atoms.